The maximum Gasteiger partial charge on any atom is 0.264 e. The molecular weight excluding hydrogens is 464 g/mol. The third-order valence-corrected chi connectivity index (χ3v) is 6.69. The highest BCUT2D eigenvalue weighted by Crippen LogP contribution is 2.27. The summed E-state index contributed by atoms with van der Waals surface area (Å²) >= 11 is 5.92. The molecule has 0 radical (unpaired) electrons. The maximum atomic E-state index is 13.4. The van der Waals surface area contributed by atoms with Crippen LogP contribution in [0.25, 0.3) is 0 Å². The molecule has 0 bridgehead atoms. The lowest BCUT2D eigenvalue weighted by atomic mass is 10.2. The van der Waals surface area contributed by atoms with Gasteiger partial charge >= 0.3 is 0 Å². The summed E-state index contributed by atoms with van der Waals surface area (Å²) in [7, 11) is -2.46. The van der Waals surface area contributed by atoms with Crippen molar-refractivity contribution in [2.45, 2.75) is 18.4 Å². The van der Waals surface area contributed by atoms with E-state index in [-0.39, 0.29) is 4.90 Å². The monoisotopic (exact) mass is 488 g/mol. The zero-order chi connectivity index (χ0) is 23.8. The summed E-state index contributed by atoms with van der Waals surface area (Å²) in [5.41, 5.74) is 1.76. The van der Waals surface area contributed by atoms with Crippen molar-refractivity contribution >= 4 is 38.9 Å². The van der Waals surface area contributed by atoms with Gasteiger partial charge in [0.2, 0.25) is 5.91 Å². The van der Waals surface area contributed by atoms with Crippen LogP contribution in [0.4, 0.5) is 11.4 Å². The van der Waals surface area contributed by atoms with Crippen molar-refractivity contribution in [2.75, 3.05) is 29.9 Å². The minimum Gasteiger partial charge on any atom is -0.494 e. The van der Waals surface area contributed by atoms with E-state index in [1.54, 1.807) is 49.6 Å². The number of halogens is 1. The van der Waals surface area contributed by atoms with Gasteiger partial charge in [-0.1, -0.05) is 23.7 Å². The number of ether oxygens (including phenoxy) is 2. The van der Waals surface area contributed by atoms with E-state index >= 15 is 0 Å². The van der Waals surface area contributed by atoms with Crippen molar-refractivity contribution in [3.63, 3.8) is 0 Å². The van der Waals surface area contributed by atoms with Crippen LogP contribution >= 0.6 is 11.6 Å². The Morgan fingerprint density at radius 1 is 1.03 bits per heavy atom. The van der Waals surface area contributed by atoms with Crippen LogP contribution in [0.2, 0.25) is 5.02 Å². The number of anilines is 2. The van der Waals surface area contributed by atoms with Gasteiger partial charge in [-0.2, -0.15) is 0 Å². The fraction of sp³-hybridized carbons (Fsp3) is 0.208. The Morgan fingerprint density at radius 2 is 1.73 bits per heavy atom. The predicted molar refractivity (Wildman–Crippen MR) is 129 cm³/mol. The summed E-state index contributed by atoms with van der Waals surface area (Å²) < 4.78 is 38.5. The lowest BCUT2D eigenvalue weighted by Gasteiger charge is -2.24. The highest BCUT2D eigenvalue weighted by Gasteiger charge is 2.27. The standard InChI is InChI=1S/C24H25ClN2O5S/c1-3-32-22-11-9-21(10-12-22)27(33(29,30)23-13-7-19(25)8-14-23)16-24(28)26-20-6-4-5-18(15-20)17-31-2/h4-15H,3,16-17H2,1-2H3,(H,26,28). The van der Waals surface area contributed by atoms with Crippen molar-refractivity contribution in [3.8, 4) is 5.75 Å². The molecule has 3 aromatic carbocycles. The van der Waals surface area contributed by atoms with Gasteiger partial charge in [0.05, 0.1) is 23.8 Å². The minimum absolute atomic E-state index is 0.0238. The van der Waals surface area contributed by atoms with Crippen LogP contribution in [0.3, 0.4) is 0 Å². The Balaban J connectivity index is 1.90. The molecule has 0 atom stereocenters. The van der Waals surface area contributed by atoms with Crippen LogP contribution in [0.1, 0.15) is 12.5 Å². The largest absolute Gasteiger partial charge is 0.494 e. The van der Waals surface area contributed by atoms with Gasteiger partial charge in [0.25, 0.3) is 10.0 Å². The molecule has 0 fully saturated rings. The van der Waals surface area contributed by atoms with Gasteiger partial charge < -0.3 is 14.8 Å². The first-order valence-corrected chi connectivity index (χ1v) is 12.0. The zero-order valence-electron chi connectivity index (χ0n) is 18.3. The molecule has 0 saturated carbocycles. The second kappa shape index (κ2) is 11.2. The molecule has 3 rings (SSSR count). The number of methoxy groups -OCH3 is 1. The molecule has 9 heteroatoms. The smallest absolute Gasteiger partial charge is 0.264 e. The summed E-state index contributed by atoms with van der Waals surface area (Å²) in [5, 5.41) is 3.17. The van der Waals surface area contributed by atoms with Crippen LogP contribution in [0, 0.1) is 0 Å². The Labute approximate surface area is 198 Å². The van der Waals surface area contributed by atoms with Gasteiger partial charge in [0, 0.05) is 17.8 Å². The van der Waals surface area contributed by atoms with Gasteiger partial charge in [-0.05, 0) is 73.2 Å². The predicted octanol–water partition coefficient (Wildman–Crippen LogP) is 4.72. The van der Waals surface area contributed by atoms with Crippen LogP contribution in [0.15, 0.2) is 77.7 Å². The number of hydrogen-bond acceptors (Lipinski definition) is 5. The van der Waals surface area contributed by atoms with Gasteiger partial charge in [-0.25, -0.2) is 8.42 Å². The van der Waals surface area contributed by atoms with E-state index in [9.17, 15) is 13.2 Å². The molecule has 1 N–H and O–H groups in total. The fourth-order valence-electron chi connectivity index (χ4n) is 3.16. The maximum absolute atomic E-state index is 13.4. The molecule has 7 nitrogen and oxygen atoms in total. The molecule has 0 saturated heterocycles. The van der Waals surface area contributed by atoms with Crippen LogP contribution in [0.5, 0.6) is 5.75 Å². The van der Waals surface area contributed by atoms with Gasteiger partial charge in [-0.15, -0.1) is 0 Å². The van der Waals surface area contributed by atoms with E-state index in [0.717, 1.165) is 9.87 Å². The van der Waals surface area contributed by atoms with Crippen LogP contribution in [-0.2, 0) is 26.2 Å². The molecule has 0 heterocycles. The number of amides is 1. The van der Waals surface area contributed by atoms with Crippen molar-refractivity contribution in [1.29, 1.82) is 0 Å². The molecule has 0 unspecified atom stereocenters. The number of rotatable bonds is 10. The van der Waals surface area contributed by atoms with Gasteiger partial charge in [0.15, 0.2) is 0 Å². The average molecular weight is 489 g/mol. The van der Waals surface area contributed by atoms with Crippen LogP contribution in [-0.4, -0.2) is 34.6 Å². The summed E-state index contributed by atoms with van der Waals surface area (Å²) in [6, 6.07) is 19.5. The third-order valence-electron chi connectivity index (χ3n) is 4.65. The molecule has 174 valence electrons. The van der Waals surface area contributed by atoms with Crippen molar-refractivity contribution in [1.82, 2.24) is 0 Å². The first kappa shape index (κ1) is 24.6. The number of sulfonamides is 1. The van der Waals surface area contributed by atoms with E-state index < -0.39 is 22.5 Å². The molecule has 0 aliphatic heterocycles. The van der Waals surface area contributed by atoms with E-state index in [0.29, 0.717) is 35.4 Å². The first-order valence-electron chi connectivity index (χ1n) is 10.2. The summed E-state index contributed by atoms with van der Waals surface area (Å²) in [6.45, 7) is 2.31. The van der Waals surface area contributed by atoms with Crippen molar-refractivity contribution in [2.24, 2.45) is 0 Å². The molecule has 0 aliphatic rings. The van der Waals surface area contributed by atoms with E-state index in [4.69, 9.17) is 21.1 Å². The van der Waals surface area contributed by atoms with Crippen molar-refractivity contribution < 1.29 is 22.7 Å². The molecule has 0 aromatic heterocycles. The van der Waals surface area contributed by atoms with E-state index in [1.165, 1.54) is 24.3 Å². The summed E-state index contributed by atoms with van der Waals surface area (Å²) in [5.74, 6) is 0.112. The first-order chi connectivity index (χ1) is 15.8. The molecule has 33 heavy (non-hydrogen) atoms. The fourth-order valence-corrected chi connectivity index (χ4v) is 4.71. The molecule has 3 aromatic rings. The quantitative estimate of drug-likeness (QED) is 0.446. The van der Waals surface area contributed by atoms with E-state index in [1.807, 2.05) is 13.0 Å². The Hall–Kier alpha value is -3.07. The highest BCUT2D eigenvalue weighted by molar-refractivity contribution is 7.92. The summed E-state index contributed by atoms with van der Waals surface area (Å²) in [4.78, 5) is 12.9. The molecule has 0 aliphatic carbocycles. The number of benzene rings is 3. The number of nitrogens with zero attached hydrogens (tertiary/aromatic N) is 1. The number of carbonyl (C=O) groups excluding carboxylic acids is 1. The van der Waals surface area contributed by atoms with E-state index in [2.05, 4.69) is 5.32 Å². The third kappa shape index (κ3) is 6.47. The van der Waals surface area contributed by atoms with Gasteiger partial charge in [-0.3, -0.25) is 9.10 Å². The highest BCUT2D eigenvalue weighted by atomic mass is 35.5. The lowest BCUT2D eigenvalue weighted by Crippen LogP contribution is -2.38. The average Bonchev–Trinajstić information content (AvgIpc) is 2.79. The normalized spacial score (nSPS) is 11.1. The van der Waals surface area contributed by atoms with Gasteiger partial charge in [0.1, 0.15) is 12.3 Å². The number of carbonyl (C=O) groups is 1. The SMILES string of the molecule is CCOc1ccc(N(CC(=O)Nc2cccc(COC)c2)S(=O)(=O)c2ccc(Cl)cc2)cc1. The Kier molecular flexibility index (Phi) is 8.32. The zero-order valence-corrected chi connectivity index (χ0v) is 19.9. The second-order valence-corrected chi connectivity index (χ2v) is 9.37. The molecule has 1 amide bonds. The number of hydrogen-bond donors (Lipinski definition) is 1. The van der Waals surface area contributed by atoms with Crippen molar-refractivity contribution in [3.05, 3.63) is 83.4 Å². The Morgan fingerprint density at radius 3 is 2.36 bits per heavy atom. The Bertz CT molecular complexity index is 1180. The number of nitrogens with one attached hydrogen (secondary N) is 1. The molecule has 0 spiro atoms. The van der Waals surface area contributed by atoms with Crippen LogP contribution < -0.4 is 14.4 Å². The second-order valence-electron chi connectivity index (χ2n) is 7.07. The minimum atomic E-state index is -4.05. The topological polar surface area (TPSA) is 84.9 Å². The summed E-state index contributed by atoms with van der Waals surface area (Å²) in [6.07, 6.45) is 0. The molecular formula is C24H25ClN2O5S. The lowest BCUT2D eigenvalue weighted by molar-refractivity contribution is -0.114.